The molecule has 1 heterocycles. The van der Waals surface area contributed by atoms with Crippen LogP contribution in [0.1, 0.15) is 10.4 Å². The topological polar surface area (TPSA) is 74.5 Å². The maximum atomic E-state index is 12.6. The van der Waals surface area contributed by atoms with Gasteiger partial charge >= 0.3 is 0 Å². The van der Waals surface area contributed by atoms with Gasteiger partial charge in [0.2, 0.25) is 5.12 Å². The van der Waals surface area contributed by atoms with Gasteiger partial charge in [-0.15, -0.1) is 10.2 Å². The van der Waals surface area contributed by atoms with Crippen LogP contribution in [0.4, 0.5) is 0 Å². The van der Waals surface area contributed by atoms with Gasteiger partial charge in [0.25, 0.3) is 11.1 Å². The van der Waals surface area contributed by atoms with Crippen LogP contribution in [0, 0.1) is 0 Å². The van der Waals surface area contributed by atoms with Gasteiger partial charge in [0, 0.05) is 23.4 Å². The molecule has 0 saturated heterocycles. The first-order valence-corrected chi connectivity index (χ1v) is 9.26. The van der Waals surface area contributed by atoms with Gasteiger partial charge in [0.15, 0.2) is 0 Å². The third kappa shape index (κ3) is 3.57. The monoisotopic (exact) mass is 392 g/mol. The van der Waals surface area contributed by atoms with E-state index in [0.717, 1.165) is 22.5 Å². The second kappa shape index (κ2) is 7.74. The molecule has 3 aromatic carbocycles. The Bertz CT molecular complexity index is 1160. The number of aromatic nitrogens is 2. The van der Waals surface area contributed by atoms with Gasteiger partial charge in [-0.05, 0) is 35.0 Å². The van der Waals surface area contributed by atoms with Crippen molar-refractivity contribution >= 4 is 27.6 Å². The van der Waals surface area contributed by atoms with Crippen LogP contribution in [-0.2, 0) is 0 Å². The highest BCUT2D eigenvalue weighted by Gasteiger charge is 2.18. The summed E-state index contributed by atoms with van der Waals surface area (Å²) in [6.07, 6.45) is 0. The molecule has 0 radical (unpaired) electrons. The molecule has 0 fully saturated rings. The maximum absolute atomic E-state index is 12.6. The van der Waals surface area contributed by atoms with Gasteiger partial charge < -0.3 is 13.9 Å². The van der Waals surface area contributed by atoms with Gasteiger partial charge in [0.1, 0.15) is 11.5 Å². The van der Waals surface area contributed by atoms with Crippen molar-refractivity contribution in [1.82, 2.24) is 10.2 Å². The lowest BCUT2D eigenvalue weighted by Gasteiger charge is -2.07. The SMILES string of the molecule is COc1ccc(-c2nnc(SC(=O)c3ccc4ccccc4c3)o2)c(OC)c1. The van der Waals surface area contributed by atoms with Crippen LogP contribution in [0.5, 0.6) is 11.5 Å². The average Bonchev–Trinajstić information content (AvgIpc) is 3.21. The summed E-state index contributed by atoms with van der Waals surface area (Å²) in [4.78, 5) is 12.6. The molecular weight excluding hydrogens is 376 g/mol. The zero-order valence-electron chi connectivity index (χ0n) is 15.2. The molecule has 0 unspecified atom stereocenters. The van der Waals surface area contributed by atoms with Crippen molar-refractivity contribution in [3.63, 3.8) is 0 Å². The smallest absolute Gasteiger partial charge is 0.284 e. The summed E-state index contributed by atoms with van der Waals surface area (Å²) >= 11 is 0.897. The van der Waals surface area contributed by atoms with E-state index in [2.05, 4.69) is 10.2 Å². The molecule has 1 aromatic heterocycles. The predicted octanol–water partition coefficient (Wildman–Crippen LogP) is 4.84. The number of thioether (sulfide) groups is 1. The molecule has 28 heavy (non-hydrogen) atoms. The Morgan fingerprint density at radius 2 is 1.75 bits per heavy atom. The van der Waals surface area contributed by atoms with Crippen LogP contribution >= 0.6 is 11.8 Å². The van der Waals surface area contributed by atoms with E-state index in [1.54, 1.807) is 38.5 Å². The number of benzene rings is 3. The quantitative estimate of drug-likeness (QED) is 0.450. The lowest BCUT2D eigenvalue weighted by atomic mass is 10.1. The van der Waals surface area contributed by atoms with Crippen molar-refractivity contribution < 1.29 is 18.7 Å². The van der Waals surface area contributed by atoms with Gasteiger partial charge in [-0.3, -0.25) is 4.79 Å². The minimum absolute atomic E-state index is 0.164. The van der Waals surface area contributed by atoms with Crippen molar-refractivity contribution in [2.75, 3.05) is 14.2 Å². The number of nitrogens with zero attached hydrogens (tertiary/aromatic N) is 2. The van der Waals surface area contributed by atoms with Crippen molar-refractivity contribution in [3.8, 4) is 23.0 Å². The molecule has 0 aliphatic heterocycles. The molecule has 0 atom stereocenters. The molecule has 4 aromatic rings. The van der Waals surface area contributed by atoms with Crippen LogP contribution in [0.2, 0.25) is 0 Å². The fourth-order valence-corrected chi connectivity index (χ4v) is 3.40. The summed E-state index contributed by atoms with van der Waals surface area (Å²) in [6, 6.07) is 18.7. The Labute approximate surface area is 165 Å². The van der Waals surface area contributed by atoms with E-state index in [9.17, 15) is 4.79 Å². The van der Waals surface area contributed by atoms with E-state index in [0.29, 0.717) is 22.6 Å². The number of ether oxygens (including phenoxy) is 2. The number of fused-ring (bicyclic) bond motifs is 1. The summed E-state index contributed by atoms with van der Waals surface area (Å²) in [5.74, 6) is 1.47. The molecule has 0 bridgehead atoms. The predicted molar refractivity (Wildman–Crippen MR) is 107 cm³/mol. The fraction of sp³-hybridized carbons (Fsp3) is 0.0952. The van der Waals surface area contributed by atoms with Crippen molar-refractivity contribution in [2.24, 2.45) is 0 Å². The summed E-state index contributed by atoms with van der Waals surface area (Å²) < 4.78 is 16.2. The van der Waals surface area contributed by atoms with E-state index in [-0.39, 0.29) is 16.2 Å². The fourth-order valence-electron chi connectivity index (χ4n) is 2.79. The van der Waals surface area contributed by atoms with Crippen LogP contribution in [0.25, 0.3) is 22.2 Å². The van der Waals surface area contributed by atoms with Gasteiger partial charge in [-0.2, -0.15) is 0 Å². The Balaban J connectivity index is 1.56. The molecule has 140 valence electrons. The zero-order valence-corrected chi connectivity index (χ0v) is 16.0. The van der Waals surface area contributed by atoms with E-state index in [4.69, 9.17) is 13.9 Å². The number of carbonyl (C=O) groups excluding carboxylic acids is 1. The van der Waals surface area contributed by atoms with Crippen LogP contribution in [0.3, 0.4) is 0 Å². The van der Waals surface area contributed by atoms with E-state index >= 15 is 0 Å². The first-order valence-electron chi connectivity index (χ1n) is 8.45. The van der Waals surface area contributed by atoms with Crippen molar-refractivity contribution in [2.45, 2.75) is 5.22 Å². The zero-order chi connectivity index (χ0) is 19.5. The summed E-state index contributed by atoms with van der Waals surface area (Å²) in [6.45, 7) is 0. The van der Waals surface area contributed by atoms with Gasteiger partial charge in [-0.25, -0.2) is 0 Å². The van der Waals surface area contributed by atoms with Gasteiger partial charge in [0.05, 0.1) is 19.8 Å². The highest BCUT2D eigenvalue weighted by atomic mass is 32.2. The second-order valence-electron chi connectivity index (χ2n) is 5.89. The molecule has 0 aliphatic rings. The highest BCUT2D eigenvalue weighted by molar-refractivity contribution is 8.14. The molecular formula is C21H16N2O4S. The highest BCUT2D eigenvalue weighted by Crippen LogP contribution is 2.34. The molecule has 4 rings (SSSR count). The minimum atomic E-state index is -0.164. The number of hydrogen-bond donors (Lipinski definition) is 0. The average molecular weight is 392 g/mol. The second-order valence-corrected chi connectivity index (χ2v) is 6.81. The first-order chi connectivity index (χ1) is 13.7. The summed E-state index contributed by atoms with van der Waals surface area (Å²) in [7, 11) is 3.13. The van der Waals surface area contributed by atoms with Crippen LogP contribution in [-0.4, -0.2) is 29.5 Å². The van der Waals surface area contributed by atoms with E-state index in [1.807, 2.05) is 36.4 Å². The number of carbonyl (C=O) groups is 1. The molecule has 0 saturated carbocycles. The molecule has 6 nitrogen and oxygen atoms in total. The molecule has 0 N–H and O–H groups in total. The maximum Gasteiger partial charge on any atom is 0.284 e. The number of rotatable bonds is 5. The molecule has 0 spiro atoms. The summed E-state index contributed by atoms with van der Waals surface area (Å²) in [5, 5.41) is 10.1. The first kappa shape index (κ1) is 18.1. The minimum Gasteiger partial charge on any atom is -0.497 e. The molecule has 7 heteroatoms. The van der Waals surface area contributed by atoms with E-state index < -0.39 is 0 Å². The Hall–Kier alpha value is -3.32. The lowest BCUT2D eigenvalue weighted by Crippen LogP contribution is -1.93. The number of methoxy groups -OCH3 is 2. The van der Waals surface area contributed by atoms with E-state index in [1.165, 1.54) is 0 Å². The van der Waals surface area contributed by atoms with Crippen molar-refractivity contribution in [3.05, 3.63) is 66.2 Å². The normalized spacial score (nSPS) is 10.8. The molecule has 0 aliphatic carbocycles. The Morgan fingerprint density at radius 3 is 2.54 bits per heavy atom. The third-order valence-electron chi connectivity index (χ3n) is 4.21. The summed E-state index contributed by atoms with van der Waals surface area (Å²) in [5.41, 5.74) is 1.20. The van der Waals surface area contributed by atoms with Crippen LogP contribution in [0.15, 0.2) is 70.3 Å². The third-order valence-corrected chi connectivity index (χ3v) is 4.97. The van der Waals surface area contributed by atoms with Crippen molar-refractivity contribution in [1.29, 1.82) is 0 Å². The Morgan fingerprint density at radius 1 is 0.929 bits per heavy atom. The Kier molecular flexibility index (Phi) is 4.99. The van der Waals surface area contributed by atoms with Crippen LogP contribution < -0.4 is 9.47 Å². The van der Waals surface area contributed by atoms with Gasteiger partial charge in [-0.1, -0.05) is 30.3 Å². The molecule has 0 amide bonds. The largest absolute Gasteiger partial charge is 0.497 e. The standard InChI is InChI=1S/C21H16N2O4S/c1-25-16-9-10-17(18(12-16)26-2)19-22-23-21(27-19)28-20(24)15-8-7-13-5-3-4-6-14(13)11-15/h3-12H,1-2H3. The number of hydrogen-bond acceptors (Lipinski definition) is 7. The lowest BCUT2D eigenvalue weighted by molar-refractivity contribution is 0.108.